The molecule has 102 valence electrons. The number of hydrogen-bond donors (Lipinski definition) is 2. The fourth-order valence-electron chi connectivity index (χ4n) is 1.17. The summed E-state index contributed by atoms with van der Waals surface area (Å²) in [6.45, 7) is 1.84. The van der Waals surface area contributed by atoms with Gasteiger partial charge in [-0.25, -0.2) is 21.6 Å². The van der Waals surface area contributed by atoms with Crippen LogP contribution in [0.4, 0.5) is 0 Å². The third-order valence-electron chi connectivity index (χ3n) is 1.84. The van der Waals surface area contributed by atoms with Crippen molar-refractivity contribution < 1.29 is 26.7 Å². The van der Waals surface area contributed by atoms with E-state index in [1.54, 1.807) is 0 Å². The van der Waals surface area contributed by atoms with Crippen LogP contribution in [-0.2, 0) is 24.7 Å². The van der Waals surface area contributed by atoms with Crippen LogP contribution in [0.3, 0.4) is 0 Å². The molecule has 2 N–H and O–H groups in total. The Kier molecular flexibility index (Phi) is 6.06. The van der Waals surface area contributed by atoms with Gasteiger partial charge in [0.1, 0.15) is 6.04 Å². The summed E-state index contributed by atoms with van der Waals surface area (Å²) in [7, 11) is -7.85. The molecule has 0 aliphatic heterocycles. The Morgan fingerprint density at radius 3 is 2.18 bits per heavy atom. The number of carboxylic acids is 1. The molecule has 0 aliphatic rings. The lowest BCUT2D eigenvalue weighted by molar-refractivity contribution is -0.139. The van der Waals surface area contributed by atoms with Crippen molar-refractivity contribution in [3.63, 3.8) is 0 Å². The summed E-state index contributed by atoms with van der Waals surface area (Å²) in [6.07, 6.45) is 2.17. The lowest BCUT2D eigenvalue weighted by atomic mass is 10.1. The lowest BCUT2D eigenvalue weighted by Gasteiger charge is -2.13. The summed E-state index contributed by atoms with van der Waals surface area (Å²) in [5.74, 6) is -1.31. The SMILES string of the molecule is CCCC[C@H](NS(=O)(=O)CS(C)(=O)=O)C(=O)O. The Morgan fingerprint density at radius 2 is 1.82 bits per heavy atom. The molecule has 0 bridgehead atoms. The van der Waals surface area contributed by atoms with E-state index in [2.05, 4.69) is 0 Å². The second kappa shape index (κ2) is 6.31. The highest BCUT2D eigenvalue weighted by molar-refractivity contribution is 8.06. The first-order valence-electron chi connectivity index (χ1n) is 4.98. The normalized spacial score (nSPS) is 14.5. The van der Waals surface area contributed by atoms with Gasteiger partial charge in [-0.15, -0.1) is 0 Å². The molecule has 0 rings (SSSR count). The largest absolute Gasteiger partial charge is 0.480 e. The van der Waals surface area contributed by atoms with Crippen LogP contribution in [0.15, 0.2) is 0 Å². The van der Waals surface area contributed by atoms with E-state index < -0.39 is 37.0 Å². The van der Waals surface area contributed by atoms with Crippen LogP contribution in [0.25, 0.3) is 0 Å². The lowest BCUT2D eigenvalue weighted by Crippen LogP contribution is -2.42. The number of carboxylic acid groups (broad SMARTS) is 1. The average Bonchev–Trinajstić information content (AvgIpc) is 2.07. The third kappa shape index (κ3) is 8.11. The molecule has 0 aromatic carbocycles. The van der Waals surface area contributed by atoms with Gasteiger partial charge in [0.15, 0.2) is 14.9 Å². The van der Waals surface area contributed by atoms with E-state index in [-0.39, 0.29) is 6.42 Å². The van der Waals surface area contributed by atoms with Crippen molar-refractivity contribution in [1.29, 1.82) is 0 Å². The minimum Gasteiger partial charge on any atom is -0.480 e. The zero-order chi connectivity index (χ0) is 13.7. The average molecular weight is 287 g/mol. The van der Waals surface area contributed by atoms with Gasteiger partial charge in [0.2, 0.25) is 10.0 Å². The molecule has 17 heavy (non-hydrogen) atoms. The number of aliphatic carboxylic acids is 1. The molecule has 0 spiro atoms. The third-order valence-corrected chi connectivity index (χ3v) is 5.43. The fraction of sp³-hybridized carbons (Fsp3) is 0.875. The van der Waals surface area contributed by atoms with Crippen molar-refractivity contribution in [3.8, 4) is 0 Å². The van der Waals surface area contributed by atoms with E-state index in [1.165, 1.54) is 0 Å². The van der Waals surface area contributed by atoms with Gasteiger partial charge in [-0.1, -0.05) is 19.8 Å². The summed E-state index contributed by atoms with van der Waals surface area (Å²) in [5.41, 5.74) is 0. The van der Waals surface area contributed by atoms with Crippen molar-refractivity contribution in [2.24, 2.45) is 0 Å². The van der Waals surface area contributed by atoms with Gasteiger partial charge in [-0.2, -0.15) is 0 Å². The molecule has 1 atom stereocenters. The highest BCUT2D eigenvalue weighted by Gasteiger charge is 2.26. The highest BCUT2D eigenvalue weighted by atomic mass is 32.3. The fourth-order valence-corrected chi connectivity index (χ4v) is 4.35. The first-order chi connectivity index (χ1) is 7.57. The minimum atomic E-state index is -4.13. The van der Waals surface area contributed by atoms with Crippen LogP contribution in [0.1, 0.15) is 26.2 Å². The summed E-state index contributed by atoms with van der Waals surface area (Å²) in [4.78, 5) is 10.8. The van der Waals surface area contributed by atoms with Crippen LogP contribution in [0.5, 0.6) is 0 Å². The molecule has 0 unspecified atom stereocenters. The quantitative estimate of drug-likeness (QED) is 0.624. The zero-order valence-electron chi connectivity index (χ0n) is 9.71. The van der Waals surface area contributed by atoms with E-state index in [4.69, 9.17) is 5.11 Å². The van der Waals surface area contributed by atoms with Gasteiger partial charge in [-0.05, 0) is 6.42 Å². The first-order valence-corrected chi connectivity index (χ1v) is 8.69. The molecular weight excluding hydrogens is 270 g/mol. The van der Waals surface area contributed by atoms with Gasteiger partial charge in [0.05, 0.1) is 0 Å². The number of carbonyl (C=O) groups is 1. The van der Waals surface area contributed by atoms with Crippen LogP contribution in [0.2, 0.25) is 0 Å². The molecule has 0 heterocycles. The van der Waals surface area contributed by atoms with E-state index in [9.17, 15) is 21.6 Å². The topological polar surface area (TPSA) is 118 Å². The molecule has 0 aliphatic carbocycles. The van der Waals surface area contributed by atoms with Gasteiger partial charge >= 0.3 is 5.97 Å². The van der Waals surface area contributed by atoms with E-state index in [1.807, 2.05) is 11.6 Å². The second-order valence-corrected chi connectivity index (χ2v) is 8.07. The smallest absolute Gasteiger partial charge is 0.321 e. The molecule has 0 aromatic rings. The number of hydrogen-bond acceptors (Lipinski definition) is 5. The van der Waals surface area contributed by atoms with Crippen molar-refractivity contribution >= 4 is 25.8 Å². The molecule has 9 heteroatoms. The summed E-state index contributed by atoms with van der Waals surface area (Å²) >= 11 is 0. The predicted molar refractivity (Wildman–Crippen MR) is 62.7 cm³/mol. The monoisotopic (exact) mass is 287 g/mol. The van der Waals surface area contributed by atoms with Crippen molar-refractivity contribution in [2.75, 3.05) is 11.3 Å². The summed E-state index contributed by atoms with van der Waals surface area (Å²) in [6, 6.07) is -1.28. The number of nitrogens with one attached hydrogen (secondary N) is 1. The Labute approximate surface area is 101 Å². The molecule has 0 amide bonds. The number of sulfone groups is 1. The molecule has 0 aromatic heterocycles. The first kappa shape index (κ1) is 16.3. The van der Waals surface area contributed by atoms with Crippen molar-refractivity contribution in [3.05, 3.63) is 0 Å². The maximum absolute atomic E-state index is 11.4. The maximum atomic E-state index is 11.4. The van der Waals surface area contributed by atoms with Gasteiger partial charge < -0.3 is 5.11 Å². The number of rotatable bonds is 8. The second-order valence-electron chi connectivity index (χ2n) is 3.81. The van der Waals surface area contributed by atoms with Gasteiger partial charge in [0.25, 0.3) is 0 Å². The maximum Gasteiger partial charge on any atom is 0.321 e. The Balaban J connectivity index is 4.70. The predicted octanol–water partition coefficient (Wildman–Crippen LogP) is -0.449. The number of sulfonamides is 1. The molecule has 0 fully saturated rings. The zero-order valence-corrected chi connectivity index (χ0v) is 11.3. The van der Waals surface area contributed by atoms with Crippen LogP contribution >= 0.6 is 0 Å². The molecule has 0 radical (unpaired) electrons. The van der Waals surface area contributed by atoms with E-state index in [0.29, 0.717) is 6.42 Å². The van der Waals surface area contributed by atoms with Crippen molar-refractivity contribution in [2.45, 2.75) is 32.2 Å². The van der Waals surface area contributed by atoms with Crippen LogP contribution in [-0.4, -0.2) is 45.3 Å². The minimum absolute atomic E-state index is 0.134. The van der Waals surface area contributed by atoms with E-state index in [0.717, 1.165) is 12.7 Å². The highest BCUT2D eigenvalue weighted by Crippen LogP contribution is 2.04. The van der Waals surface area contributed by atoms with E-state index >= 15 is 0 Å². The summed E-state index contributed by atoms with van der Waals surface area (Å²) < 4.78 is 46.3. The standard InChI is InChI=1S/C8H17NO6S2/c1-3-4-5-7(8(10)11)9-17(14,15)6-16(2,12)13/h7,9H,3-6H2,1-2H3,(H,10,11)/t7-/m0/s1. The Morgan fingerprint density at radius 1 is 1.29 bits per heavy atom. The van der Waals surface area contributed by atoms with Gasteiger partial charge in [-0.3, -0.25) is 4.79 Å². The molecule has 0 saturated carbocycles. The number of unbranched alkanes of at least 4 members (excludes halogenated alkanes) is 1. The van der Waals surface area contributed by atoms with Crippen LogP contribution < -0.4 is 4.72 Å². The molecule has 7 nitrogen and oxygen atoms in total. The van der Waals surface area contributed by atoms with Crippen molar-refractivity contribution in [1.82, 2.24) is 4.72 Å². The molecule has 0 saturated heterocycles. The Bertz CT molecular complexity index is 452. The van der Waals surface area contributed by atoms with Gasteiger partial charge in [0, 0.05) is 6.26 Å². The molecular formula is C8H17NO6S2. The van der Waals surface area contributed by atoms with Crippen LogP contribution in [0, 0.1) is 0 Å². The summed E-state index contributed by atoms with van der Waals surface area (Å²) in [5, 5.41) is 7.68. The Hall–Kier alpha value is -0.670.